The van der Waals surface area contributed by atoms with E-state index in [9.17, 15) is 14.4 Å². The van der Waals surface area contributed by atoms with Crippen LogP contribution in [0.4, 0.5) is 10.1 Å². The number of rotatable bonds is 3. The molecule has 1 aliphatic carbocycles. The summed E-state index contributed by atoms with van der Waals surface area (Å²) in [6.07, 6.45) is 6.94. The van der Waals surface area contributed by atoms with Crippen molar-refractivity contribution < 1.29 is 9.18 Å². The van der Waals surface area contributed by atoms with Gasteiger partial charge in [0, 0.05) is 18.7 Å². The summed E-state index contributed by atoms with van der Waals surface area (Å²) in [6, 6.07) is 6.63. The van der Waals surface area contributed by atoms with Crippen molar-refractivity contribution in [3.05, 3.63) is 29.8 Å². The van der Waals surface area contributed by atoms with Crippen molar-refractivity contribution in [2.24, 2.45) is 5.41 Å². The molecule has 27 heavy (non-hydrogen) atoms. The van der Waals surface area contributed by atoms with Crippen LogP contribution in [0.1, 0.15) is 50.8 Å². The first-order valence-corrected chi connectivity index (χ1v) is 9.58. The van der Waals surface area contributed by atoms with Crippen LogP contribution in [0.25, 0.3) is 11.4 Å². The summed E-state index contributed by atoms with van der Waals surface area (Å²) in [5.74, 6) is 0.672. The van der Waals surface area contributed by atoms with Crippen molar-refractivity contribution in [1.29, 1.82) is 5.26 Å². The highest BCUT2D eigenvalue weighted by Gasteiger charge is 2.41. The Labute approximate surface area is 157 Å². The van der Waals surface area contributed by atoms with Gasteiger partial charge in [-0.05, 0) is 43.9 Å². The van der Waals surface area contributed by atoms with Crippen LogP contribution >= 0.6 is 0 Å². The molecule has 2 aliphatic rings. The fourth-order valence-corrected chi connectivity index (χ4v) is 4.08. The molecule has 0 bridgehead atoms. The number of anilines is 1. The Hall–Kier alpha value is -2.75. The number of benzene rings is 1. The largest absolute Gasteiger partial charge is 0.325 e. The average Bonchev–Trinajstić information content (AvgIpc) is 3.26. The molecule has 0 saturated heterocycles. The van der Waals surface area contributed by atoms with Gasteiger partial charge in [0.2, 0.25) is 5.91 Å². The second-order valence-electron chi connectivity index (χ2n) is 7.45. The maximum Gasteiger partial charge on any atom is 0.244 e. The Morgan fingerprint density at radius 2 is 2.00 bits per heavy atom. The molecule has 1 amide bonds. The Kier molecular flexibility index (Phi) is 4.65. The topological polar surface area (TPSA) is 83.6 Å². The third kappa shape index (κ3) is 3.20. The van der Waals surface area contributed by atoms with Crippen molar-refractivity contribution in [2.75, 3.05) is 5.32 Å². The second kappa shape index (κ2) is 7.10. The van der Waals surface area contributed by atoms with Gasteiger partial charge in [-0.25, -0.2) is 4.39 Å². The summed E-state index contributed by atoms with van der Waals surface area (Å²) in [5, 5.41) is 20.7. The van der Waals surface area contributed by atoms with E-state index in [1.165, 1.54) is 12.1 Å². The molecule has 140 valence electrons. The minimum absolute atomic E-state index is 0.305. The van der Waals surface area contributed by atoms with Crippen molar-refractivity contribution in [3.8, 4) is 17.5 Å². The molecule has 6 nitrogen and oxygen atoms in total. The van der Waals surface area contributed by atoms with Gasteiger partial charge in [0.1, 0.15) is 17.1 Å². The molecule has 2 heterocycles. The molecule has 1 aromatic heterocycles. The third-order valence-electron chi connectivity index (χ3n) is 5.68. The van der Waals surface area contributed by atoms with E-state index in [2.05, 4.69) is 21.6 Å². The molecule has 2 aromatic rings. The summed E-state index contributed by atoms with van der Waals surface area (Å²) >= 11 is 0. The van der Waals surface area contributed by atoms with Gasteiger partial charge in [0.05, 0.1) is 11.6 Å². The number of carbonyl (C=O) groups is 1. The highest BCUT2D eigenvalue weighted by atomic mass is 19.1. The number of amides is 1. The van der Waals surface area contributed by atoms with E-state index < -0.39 is 11.2 Å². The molecule has 1 aliphatic heterocycles. The van der Waals surface area contributed by atoms with Crippen LogP contribution in [-0.4, -0.2) is 20.7 Å². The van der Waals surface area contributed by atoms with E-state index >= 15 is 0 Å². The molecule has 4 rings (SSSR count). The standard InChI is InChI=1S/C20H22FN5O/c21-16-8-7-14(23-19(27)20(13-22)9-3-4-10-20)12-15(16)18-25-24-17-6-2-1-5-11-26(17)18/h7-8,12H,1-6,9-11H2,(H,23,27). The van der Waals surface area contributed by atoms with E-state index in [1.54, 1.807) is 6.07 Å². The zero-order chi connectivity index (χ0) is 18.9. The summed E-state index contributed by atoms with van der Waals surface area (Å²) in [7, 11) is 0. The molecule has 1 fully saturated rings. The zero-order valence-corrected chi connectivity index (χ0v) is 15.2. The lowest BCUT2D eigenvalue weighted by molar-refractivity contribution is -0.122. The van der Waals surface area contributed by atoms with E-state index in [1.807, 2.05) is 4.57 Å². The van der Waals surface area contributed by atoms with Gasteiger partial charge in [-0.15, -0.1) is 10.2 Å². The quantitative estimate of drug-likeness (QED) is 0.893. The Bertz CT molecular complexity index is 908. The lowest BCUT2D eigenvalue weighted by Gasteiger charge is -2.19. The molecule has 0 unspecified atom stereocenters. The molecule has 1 aromatic carbocycles. The summed E-state index contributed by atoms with van der Waals surface area (Å²) in [6.45, 7) is 0.769. The molecule has 1 saturated carbocycles. The number of fused-ring (bicyclic) bond motifs is 1. The van der Waals surface area contributed by atoms with Gasteiger partial charge in [0.25, 0.3) is 0 Å². The highest BCUT2D eigenvalue weighted by Crippen LogP contribution is 2.38. The number of halogens is 1. The number of aryl methyl sites for hydroxylation is 1. The molecule has 1 N–H and O–H groups in total. The normalized spacial score (nSPS) is 18.4. The fraction of sp³-hybridized carbons (Fsp3) is 0.500. The number of hydrogen-bond donors (Lipinski definition) is 1. The minimum atomic E-state index is -0.972. The highest BCUT2D eigenvalue weighted by molar-refractivity contribution is 5.97. The molecule has 0 atom stereocenters. The van der Waals surface area contributed by atoms with Gasteiger partial charge in [-0.1, -0.05) is 19.3 Å². The molecular formula is C20H22FN5O. The van der Waals surface area contributed by atoms with E-state index in [0.29, 0.717) is 29.9 Å². The van der Waals surface area contributed by atoms with Crippen LogP contribution < -0.4 is 5.32 Å². The molecular weight excluding hydrogens is 345 g/mol. The van der Waals surface area contributed by atoms with E-state index in [0.717, 1.165) is 50.9 Å². The van der Waals surface area contributed by atoms with Crippen LogP contribution in [0.5, 0.6) is 0 Å². The van der Waals surface area contributed by atoms with Crippen LogP contribution in [0.3, 0.4) is 0 Å². The number of carbonyl (C=O) groups excluding carboxylic acids is 1. The monoisotopic (exact) mass is 367 g/mol. The Morgan fingerprint density at radius 3 is 2.78 bits per heavy atom. The van der Waals surface area contributed by atoms with Crippen molar-refractivity contribution in [3.63, 3.8) is 0 Å². The summed E-state index contributed by atoms with van der Waals surface area (Å²) in [5.41, 5.74) is -0.171. The Morgan fingerprint density at radius 1 is 1.19 bits per heavy atom. The molecule has 0 spiro atoms. The third-order valence-corrected chi connectivity index (χ3v) is 5.68. The van der Waals surface area contributed by atoms with Crippen LogP contribution in [-0.2, 0) is 17.8 Å². The predicted molar refractivity (Wildman–Crippen MR) is 98.1 cm³/mol. The number of nitrogens with zero attached hydrogens (tertiary/aromatic N) is 4. The maximum atomic E-state index is 14.5. The van der Waals surface area contributed by atoms with Crippen molar-refractivity contribution in [2.45, 2.75) is 57.9 Å². The fourth-order valence-electron chi connectivity index (χ4n) is 4.08. The van der Waals surface area contributed by atoms with Crippen molar-refractivity contribution in [1.82, 2.24) is 14.8 Å². The lowest BCUT2D eigenvalue weighted by Crippen LogP contribution is -2.32. The van der Waals surface area contributed by atoms with E-state index in [4.69, 9.17) is 0 Å². The first kappa shape index (κ1) is 17.7. The second-order valence-corrected chi connectivity index (χ2v) is 7.45. The van der Waals surface area contributed by atoms with Crippen LogP contribution in [0, 0.1) is 22.6 Å². The zero-order valence-electron chi connectivity index (χ0n) is 15.2. The predicted octanol–water partition coefficient (Wildman–Crippen LogP) is 3.83. The summed E-state index contributed by atoms with van der Waals surface area (Å²) in [4.78, 5) is 12.7. The van der Waals surface area contributed by atoms with Gasteiger partial charge < -0.3 is 9.88 Å². The van der Waals surface area contributed by atoms with E-state index in [-0.39, 0.29) is 5.91 Å². The number of nitriles is 1. The Balaban J connectivity index is 1.64. The molecule has 7 heteroatoms. The lowest BCUT2D eigenvalue weighted by atomic mass is 9.87. The summed E-state index contributed by atoms with van der Waals surface area (Å²) < 4.78 is 16.5. The maximum absolute atomic E-state index is 14.5. The smallest absolute Gasteiger partial charge is 0.244 e. The van der Waals surface area contributed by atoms with Gasteiger partial charge >= 0.3 is 0 Å². The van der Waals surface area contributed by atoms with Crippen molar-refractivity contribution >= 4 is 11.6 Å². The van der Waals surface area contributed by atoms with Gasteiger partial charge in [0.15, 0.2) is 5.82 Å². The SMILES string of the molecule is N#CC1(C(=O)Nc2ccc(F)c(-c3nnc4n3CCCCC4)c2)CCCC1. The number of hydrogen-bond acceptors (Lipinski definition) is 4. The average molecular weight is 367 g/mol. The van der Waals surface area contributed by atoms with Crippen LogP contribution in [0.15, 0.2) is 18.2 Å². The van der Waals surface area contributed by atoms with Gasteiger partial charge in [-0.2, -0.15) is 5.26 Å². The first-order valence-electron chi connectivity index (χ1n) is 9.58. The molecule has 0 radical (unpaired) electrons. The number of nitrogens with one attached hydrogen (secondary N) is 1. The van der Waals surface area contributed by atoms with Crippen LogP contribution in [0.2, 0.25) is 0 Å². The minimum Gasteiger partial charge on any atom is -0.325 e. The number of aromatic nitrogens is 3. The van der Waals surface area contributed by atoms with Gasteiger partial charge in [-0.3, -0.25) is 4.79 Å². The first-order chi connectivity index (χ1) is 13.1.